The SMILES string of the molecule is O=C(C[C@@H]1Sc2ccc(Cl)cc2NC1=O)Nc1cccc(S(=O)(=O)N2CCCCCC2)c1. The van der Waals surface area contributed by atoms with Crippen molar-refractivity contribution in [1.82, 2.24) is 4.31 Å². The molecule has 2 aromatic rings. The summed E-state index contributed by atoms with van der Waals surface area (Å²) in [5, 5.41) is 5.45. The number of anilines is 2. The zero-order valence-electron chi connectivity index (χ0n) is 17.3. The molecule has 0 unspecified atom stereocenters. The lowest BCUT2D eigenvalue weighted by molar-refractivity contribution is -0.120. The third-order valence-electron chi connectivity index (χ3n) is 5.45. The lowest BCUT2D eigenvalue weighted by Gasteiger charge is -2.24. The van der Waals surface area contributed by atoms with Crippen molar-refractivity contribution in [3.63, 3.8) is 0 Å². The number of carbonyl (C=O) groups is 2. The Balaban J connectivity index is 1.43. The van der Waals surface area contributed by atoms with Gasteiger partial charge in [-0.1, -0.05) is 30.5 Å². The predicted molar refractivity (Wildman–Crippen MR) is 127 cm³/mol. The average molecular weight is 494 g/mol. The molecule has 1 atom stereocenters. The molecule has 1 fully saturated rings. The molecule has 0 spiro atoms. The Bertz CT molecular complexity index is 1130. The van der Waals surface area contributed by atoms with Crippen LogP contribution in [-0.4, -0.2) is 42.9 Å². The highest BCUT2D eigenvalue weighted by Gasteiger charge is 2.30. The van der Waals surface area contributed by atoms with E-state index in [1.807, 2.05) is 6.07 Å². The number of halogens is 1. The van der Waals surface area contributed by atoms with E-state index in [2.05, 4.69) is 10.6 Å². The van der Waals surface area contributed by atoms with Crippen molar-refractivity contribution in [2.45, 2.75) is 47.1 Å². The Labute approximate surface area is 196 Å². The van der Waals surface area contributed by atoms with Crippen molar-refractivity contribution in [3.05, 3.63) is 47.5 Å². The molecule has 7 nitrogen and oxygen atoms in total. The minimum Gasteiger partial charge on any atom is -0.326 e. The molecule has 10 heteroatoms. The van der Waals surface area contributed by atoms with Crippen LogP contribution in [0.3, 0.4) is 0 Å². The largest absolute Gasteiger partial charge is 0.326 e. The maximum absolute atomic E-state index is 13.0. The number of sulfonamides is 1. The van der Waals surface area contributed by atoms with E-state index in [4.69, 9.17) is 11.6 Å². The van der Waals surface area contributed by atoms with Crippen molar-refractivity contribution in [2.24, 2.45) is 0 Å². The Morgan fingerprint density at radius 2 is 1.88 bits per heavy atom. The topological polar surface area (TPSA) is 95.6 Å². The molecule has 0 aliphatic carbocycles. The van der Waals surface area contributed by atoms with Gasteiger partial charge in [0, 0.05) is 35.1 Å². The molecular formula is C22H24ClN3O4S2. The predicted octanol–water partition coefficient (Wildman–Crippen LogP) is 4.35. The summed E-state index contributed by atoms with van der Waals surface area (Å²) in [6, 6.07) is 11.5. The van der Waals surface area contributed by atoms with E-state index in [0.717, 1.165) is 30.6 Å². The number of rotatable bonds is 5. The van der Waals surface area contributed by atoms with E-state index in [0.29, 0.717) is 29.5 Å². The molecule has 0 aromatic heterocycles. The van der Waals surface area contributed by atoms with Crippen LogP contribution in [-0.2, 0) is 19.6 Å². The molecule has 4 rings (SSSR count). The summed E-state index contributed by atoms with van der Waals surface area (Å²) in [5.41, 5.74) is 1.02. The Hall–Kier alpha value is -2.07. The van der Waals surface area contributed by atoms with Gasteiger partial charge in [0.05, 0.1) is 15.8 Å². The first-order chi connectivity index (χ1) is 15.3. The number of amides is 2. The lowest BCUT2D eigenvalue weighted by Crippen LogP contribution is -2.33. The van der Waals surface area contributed by atoms with E-state index < -0.39 is 15.3 Å². The van der Waals surface area contributed by atoms with Crippen LogP contribution in [0.15, 0.2) is 52.3 Å². The van der Waals surface area contributed by atoms with E-state index in [1.165, 1.54) is 22.1 Å². The van der Waals surface area contributed by atoms with Gasteiger partial charge in [0.25, 0.3) is 0 Å². The summed E-state index contributed by atoms with van der Waals surface area (Å²) in [6.07, 6.45) is 3.73. The maximum Gasteiger partial charge on any atom is 0.243 e. The number of fused-ring (bicyclic) bond motifs is 1. The van der Waals surface area contributed by atoms with Gasteiger partial charge >= 0.3 is 0 Å². The van der Waals surface area contributed by atoms with Crippen LogP contribution >= 0.6 is 23.4 Å². The van der Waals surface area contributed by atoms with E-state index in [1.54, 1.807) is 30.3 Å². The number of nitrogens with one attached hydrogen (secondary N) is 2. The van der Waals surface area contributed by atoms with E-state index in [9.17, 15) is 18.0 Å². The second-order valence-electron chi connectivity index (χ2n) is 7.83. The number of carbonyl (C=O) groups excluding carboxylic acids is 2. The number of thioether (sulfide) groups is 1. The quantitative estimate of drug-likeness (QED) is 0.645. The summed E-state index contributed by atoms with van der Waals surface area (Å²) in [4.78, 5) is 26.0. The highest BCUT2D eigenvalue weighted by atomic mass is 35.5. The van der Waals surface area contributed by atoms with Crippen LogP contribution in [0.1, 0.15) is 32.1 Å². The first-order valence-corrected chi connectivity index (χ1v) is 13.2. The van der Waals surface area contributed by atoms with Crippen LogP contribution in [0.4, 0.5) is 11.4 Å². The summed E-state index contributed by atoms with van der Waals surface area (Å²) in [7, 11) is -3.61. The van der Waals surface area contributed by atoms with Crippen molar-refractivity contribution in [1.29, 1.82) is 0 Å². The number of hydrogen-bond donors (Lipinski definition) is 2. The molecule has 32 heavy (non-hydrogen) atoms. The molecule has 0 radical (unpaired) electrons. The van der Waals surface area contributed by atoms with Gasteiger partial charge in [-0.05, 0) is 49.2 Å². The zero-order chi connectivity index (χ0) is 22.7. The molecule has 2 N–H and O–H groups in total. The van der Waals surface area contributed by atoms with Gasteiger partial charge in [0.15, 0.2) is 0 Å². The van der Waals surface area contributed by atoms with Crippen molar-refractivity contribution < 1.29 is 18.0 Å². The monoisotopic (exact) mass is 493 g/mol. The maximum atomic E-state index is 13.0. The molecule has 2 aromatic carbocycles. The normalized spacial score (nSPS) is 19.5. The molecule has 1 saturated heterocycles. The van der Waals surface area contributed by atoms with Gasteiger partial charge in [-0.2, -0.15) is 4.31 Å². The van der Waals surface area contributed by atoms with Gasteiger partial charge < -0.3 is 10.6 Å². The number of benzene rings is 2. The van der Waals surface area contributed by atoms with E-state index in [-0.39, 0.29) is 23.1 Å². The van der Waals surface area contributed by atoms with Crippen molar-refractivity contribution >= 4 is 56.6 Å². The van der Waals surface area contributed by atoms with Crippen molar-refractivity contribution in [2.75, 3.05) is 23.7 Å². The first kappa shape index (κ1) is 23.1. The standard InChI is InChI=1S/C22H24ClN3O4S2/c23-15-8-9-19-18(12-15)25-22(28)20(31-19)14-21(27)24-16-6-5-7-17(13-16)32(29,30)26-10-3-1-2-4-11-26/h5-9,12-13,20H,1-4,10-11,14H2,(H,24,27)(H,25,28)/t20-/m0/s1. The molecule has 2 aliphatic rings. The third-order valence-corrected chi connectivity index (χ3v) is 8.86. The molecule has 0 bridgehead atoms. The fraction of sp³-hybridized carbons (Fsp3) is 0.364. The second-order valence-corrected chi connectivity index (χ2v) is 11.5. The van der Waals surface area contributed by atoms with Crippen LogP contribution in [0, 0.1) is 0 Å². The molecule has 2 aliphatic heterocycles. The van der Waals surface area contributed by atoms with Crippen LogP contribution in [0.25, 0.3) is 0 Å². The van der Waals surface area contributed by atoms with Crippen LogP contribution in [0.2, 0.25) is 5.02 Å². The van der Waals surface area contributed by atoms with Crippen LogP contribution in [0.5, 0.6) is 0 Å². The molecule has 2 heterocycles. The highest BCUT2D eigenvalue weighted by Crippen LogP contribution is 2.38. The average Bonchev–Trinajstić information content (AvgIpc) is 3.05. The van der Waals surface area contributed by atoms with Gasteiger partial charge in [-0.3, -0.25) is 9.59 Å². The minimum absolute atomic E-state index is 0.0400. The Kier molecular flexibility index (Phi) is 7.09. The zero-order valence-corrected chi connectivity index (χ0v) is 19.7. The summed E-state index contributed by atoms with van der Waals surface area (Å²) in [5.74, 6) is -0.628. The summed E-state index contributed by atoms with van der Waals surface area (Å²) >= 11 is 7.27. The minimum atomic E-state index is -3.61. The van der Waals surface area contributed by atoms with Crippen LogP contribution < -0.4 is 10.6 Å². The Morgan fingerprint density at radius 3 is 2.62 bits per heavy atom. The second kappa shape index (κ2) is 9.82. The lowest BCUT2D eigenvalue weighted by atomic mass is 10.2. The number of hydrogen-bond acceptors (Lipinski definition) is 5. The molecule has 0 saturated carbocycles. The smallest absolute Gasteiger partial charge is 0.243 e. The molecule has 170 valence electrons. The van der Waals surface area contributed by atoms with Gasteiger partial charge in [0.2, 0.25) is 21.8 Å². The fourth-order valence-corrected chi connectivity index (χ4v) is 6.63. The highest BCUT2D eigenvalue weighted by molar-refractivity contribution is 8.01. The fourth-order valence-electron chi connectivity index (χ4n) is 3.80. The van der Waals surface area contributed by atoms with Crippen molar-refractivity contribution in [3.8, 4) is 0 Å². The van der Waals surface area contributed by atoms with Gasteiger partial charge in [0.1, 0.15) is 0 Å². The van der Waals surface area contributed by atoms with Gasteiger partial charge in [-0.15, -0.1) is 11.8 Å². The molecular weight excluding hydrogens is 470 g/mol. The first-order valence-electron chi connectivity index (χ1n) is 10.5. The summed E-state index contributed by atoms with van der Waals surface area (Å²) in [6.45, 7) is 1.03. The third kappa shape index (κ3) is 5.28. The van der Waals surface area contributed by atoms with E-state index >= 15 is 0 Å². The van der Waals surface area contributed by atoms with Gasteiger partial charge in [-0.25, -0.2) is 8.42 Å². The number of nitrogens with zero attached hydrogens (tertiary/aromatic N) is 1. The Morgan fingerprint density at radius 1 is 1.12 bits per heavy atom. The summed E-state index contributed by atoms with van der Waals surface area (Å²) < 4.78 is 27.6. The molecule has 2 amide bonds.